The number of benzene rings is 9. The molecule has 0 aliphatic rings. The molecule has 9 aromatic carbocycles. The number of furan rings is 2. The van der Waals surface area contributed by atoms with Crippen molar-refractivity contribution in [3.63, 3.8) is 0 Å². The first-order valence-electron chi connectivity index (χ1n) is 18.0. The fraction of sp³-hybridized carbons (Fsp3) is 0. The SMILES string of the molecule is c1ccc(-c2cccc3c2oc2cc(N(c4ccc(-c5cccc6c5oc5ccccc56)cc4)c4ccc5ccc6ccccc6c5c4)ccc23)cc1. The van der Waals surface area contributed by atoms with Gasteiger partial charge in [0.05, 0.1) is 0 Å². The van der Waals surface area contributed by atoms with Crippen LogP contribution in [0.25, 0.3) is 87.7 Å². The van der Waals surface area contributed by atoms with E-state index in [-0.39, 0.29) is 0 Å². The lowest BCUT2D eigenvalue weighted by atomic mass is 10.00. The van der Waals surface area contributed by atoms with Crippen LogP contribution < -0.4 is 4.90 Å². The standard InChI is InChI=1S/C50H31NO2/c1-2-10-32(11-3-1)40-15-8-18-45-43-29-28-38(31-48(43)53-50(40)45)51(37-27-24-35-21-20-33-12-4-5-13-39(33)46(35)30-37)36-25-22-34(23-26-36)41-16-9-17-44-42-14-6-7-19-47(42)52-49(41)44/h1-31H. The Morgan fingerprint density at radius 3 is 1.60 bits per heavy atom. The maximum Gasteiger partial charge on any atom is 0.143 e. The summed E-state index contributed by atoms with van der Waals surface area (Å²) in [5.41, 5.74) is 11.1. The van der Waals surface area contributed by atoms with Gasteiger partial charge >= 0.3 is 0 Å². The summed E-state index contributed by atoms with van der Waals surface area (Å²) < 4.78 is 13.1. The molecule has 2 aromatic heterocycles. The maximum absolute atomic E-state index is 6.73. The molecule has 53 heavy (non-hydrogen) atoms. The normalized spacial score (nSPS) is 11.8. The lowest BCUT2D eigenvalue weighted by Gasteiger charge is -2.26. The van der Waals surface area contributed by atoms with Crippen LogP contribution in [-0.4, -0.2) is 0 Å². The highest BCUT2D eigenvalue weighted by atomic mass is 16.3. The van der Waals surface area contributed by atoms with Crippen molar-refractivity contribution in [1.29, 1.82) is 0 Å². The second-order valence-electron chi connectivity index (χ2n) is 13.7. The summed E-state index contributed by atoms with van der Waals surface area (Å²) in [5.74, 6) is 0. The van der Waals surface area contributed by atoms with E-state index in [0.29, 0.717) is 0 Å². The van der Waals surface area contributed by atoms with Gasteiger partial charge in [0.15, 0.2) is 0 Å². The molecule has 0 saturated heterocycles. The van der Waals surface area contributed by atoms with Gasteiger partial charge in [-0.3, -0.25) is 0 Å². The second-order valence-corrected chi connectivity index (χ2v) is 13.7. The number of fused-ring (bicyclic) bond motifs is 9. The van der Waals surface area contributed by atoms with E-state index in [1.165, 1.54) is 21.5 Å². The molecule has 0 unspecified atom stereocenters. The monoisotopic (exact) mass is 677 g/mol. The Morgan fingerprint density at radius 1 is 0.302 bits per heavy atom. The summed E-state index contributed by atoms with van der Waals surface area (Å²) >= 11 is 0. The molecule has 3 nitrogen and oxygen atoms in total. The quantitative estimate of drug-likeness (QED) is 0.170. The molecule has 0 N–H and O–H groups in total. The molecule has 248 valence electrons. The Morgan fingerprint density at radius 2 is 0.830 bits per heavy atom. The van der Waals surface area contributed by atoms with Gasteiger partial charge in [-0.25, -0.2) is 0 Å². The van der Waals surface area contributed by atoms with Crippen LogP contribution in [0.15, 0.2) is 197 Å². The van der Waals surface area contributed by atoms with Crippen LogP contribution in [0.2, 0.25) is 0 Å². The molecule has 0 fully saturated rings. The van der Waals surface area contributed by atoms with E-state index in [4.69, 9.17) is 8.83 Å². The summed E-state index contributed by atoms with van der Waals surface area (Å²) in [7, 11) is 0. The molecule has 0 aliphatic carbocycles. The Hall–Kier alpha value is -7.10. The van der Waals surface area contributed by atoms with Crippen LogP contribution in [-0.2, 0) is 0 Å². The van der Waals surface area contributed by atoms with Crippen LogP contribution in [0.5, 0.6) is 0 Å². The number of hydrogen-bond donors (Lipinski definition) is 0. The first-order chi connectivity index (χ1) is 26.3. The number of nitrogens with zero attached hydrogens (tertiary/aromatic N) is 1. The fourth-order valence-corrected chi connectivity index (χ4v) is 8.11. The van der Waals surface area contributed by atoms with E-state index in [0.717, 1.165) is 83.2 Å². The first-order valence-corrected chi connectivity index (χ1v) is 18.0. The van der Waals surface area contributed by atoms with Gasteiger partial charge < -0.3 is 13.7 Å². The molecule has 0 bridgehead atoms. The zero-order valence-electron chi connectivity index (χ0n) is 28.7. The third-order valence-corrected chi connectivity index (χ3v) is 10.7. The molecule has 0 radical (unpaired) electrons. The molecule has 0 atom stereocenters. The lowest BCUT2D eigenvalue weighted by molar-refractivity contribution is 0.669. The van der Waals surface area contributed by atoms with E-state index in [1.807, 2.05) is 18.2 Å². The molecule has 2 heterocycles. The molecule has 3 heteroatoms. The summed E-state index contributed by atoms with van der Waals surface area (Å²) in [4.78, 5) is 2.33. The predicted octanol–water partition coefficient (Wildman–Crippen LogP) is 14.6. The van der Waals surface area contributed by atoms with Crippen molar-refractivity contribution in [2.75, 3.05) is 4.90 Å². The molecule has 0 aliphatic heterocycles. The summed E-state index contributed by atoms with van der Waals surface area (Å²) in [6.07, 6.45) is 0. The van der Waals surface area contributed by atoms with Crippen LogP contribution in [0.1, 0.15) is 0 Å². The molecule has 0 spiro atoms. The van der Waals surface area contributed by atoms with Gasteiger partial charge in [-0.15, -0.1) is 0 Å². The smallest absolute Gasteiger partial charge is 0.143 e. The van der Waals surface area contributed by atoms with Crippen LogP contribution >= 0.6 is 0 Å². The van der Waals surface area contributed by atoms with Gasteiger partial charge in [-0.2, -0.15) is 0 Å². The van der Waals surface area contributed by atoms with Crippen molar-refractivity contribution in [3.8, 4) is 22.3 Å². The highest BCUT2D eigenvalue weighted by Gasteiger charge is 2.19. The van der Waals surface area contributed by atoms with Gasteiger partial charge in [0, 0.05) is 55.8 Å². The third-order valence-electron chi connectivity index (χ3n) is 10.7. The van der Waals surface area contributed by atoms with E-state index in [1.54, 1.807) is 0 Å². The zero-order valence-corrected chi connectivity index (χ0v) is 28.7. The maximum atomic E-state index is 6.73. The lowest BCUT2D eigenvalue weighted by Crippen LogP contribution is -2.09. The predicted molar refractivity (Wildman–Crippen MR) is 222 cm³/mol. The van der Waals surface area contributed by atoms with E-state index in [9.17, 15) is 0 Å². The van der Waals surface area contributed by atoms with Crippen molar-refractivity contribution in [2.24, 2.45) is 0 Å². The Labute approximate surface area is 305 Å². The van der Waals surface area contributed by atoms with Gasteiger partial charge in [-0.1, -0.05) is 140 Å². The fourth-order valence-electron chi connectivity index (χ4n) is 8.11. The topological polar surface area (TPSA) is 29.5 Å². The van der Waals surface area contributed by atoms with Crippen molar-refractivity contribution in [3.05, 3.63) is 188 Å². The van der Waals surface area contributed by atoms with Gasteiger partial charge in [0.2, 0.25) is 0 Å². The molecule has 11 aromatic rings. The molecule has 0 saturated carbocycles. The van der Waals surface area contributed by atoms with Crippen molar-refractivity contribution >= 4 is 82.5 Å². The number of anilines is 3. The number of para-hydroxylation sites is 3. The van der Waals surface area contributed by atoms with Crippen LogP contribution in [0.4, 0.5) is 17.1 Å². The van der Waals surface area contributed by atoms with Gasteiger partial charge in [-0.05, 0) is 75.1 Å². The highest BCUT2D eigenvalue weighted by Crippen LogP contribution is 2.43. The minimum absolute atomic E-state index is 0.852. The summed E-state index contributed by atoms with van der Waals surface area (Å²) in [5, 5.41) is 9.36. The molecular formula is C50H31NO2. The summed E-state index contributed by atoms with van der Waals surface area (Å²) in [6.45, 7) is 0. The molecular weight excluding hydrogens is 647 g/mol. The van der Waals surface area contributed by atoms with Gasteiger partial charge in [0.1, 0.15) is 22.3 Å². The van der Waals surface area contributed by atoms with Crippen molar-refractivity contribution in [2.45, 2.75) is 0 Å². The highest BCUT2D eigenvalue weighted by molar-refractivity contribution is 6.12. The van der Waals surface area contributed by atoms with Crippen LogP contribution in [0.3, 0.4) is 0 Å². The number of rotatable bonds is 5. The Balaban J connectivity index is 1.09. The summed E-state index contributed by atoms with van der Waals surface area (Å²) in [6, 6.07) is 66.7. The van der Waals surface area contributed by atoms with E-state index < -0.39 is 0 Å². The Kier molecular flexibility index (Phi) is 6.55. The Bertz CT molecular complexity index is 3170. The first kappa shape index (κ1) is 29.6. The average Bonchev–Trinajstić information content (AvgIpc) is 3.80. The van der Waals surface area contributed by atoms with Crippen molar-refractivity contribution in [1.82, 2.24) is 0 Å². The minimum Gasteiger partial charge on any atom is -0.455 e. The minimum atomic E-state index is 0.852. The number of hydrogen-bond acceptors (Lipinski definition) is 3. The van der Waals surface area contributed by atoms with Gasteiger partial charge in [0.25, 0.3) is 0 Å². The zero-order chi connectivity index (χ0) is 34.9. The van der Waals surface area contributed by atoms with E-state index >= 15 is 0 Å². The largest absolute Gasteiger partial charge is 0.455 e. The third kappa shape index (κ3) is 4.75. The van der Waals surface area contributed by atoms with Crippen LogP contribution in [0, 0.1) is 0 Å². The molecule has 11 rings (SSSR count). The average molecular weight is 678 g/mol. The second kappa shape index (κ2) is 11.7. The van der Waals surface area contributed by atoms with E-state index in [2.05, 4.69) is 175 Å². The van der Waals surface area contributed by atoms with Crippen molar-refractivity contribution < 1.29 is 8.83 Å². The molecule has 0 amide bonds.